The molecule has 0 fully saturated rings. The summed E-state index contributed by atoms with van der Waals surface area (Å²) in [7, 11) is 1.53. The Morgan fingerprint density at radius 3 is 2.85 bits per heavy atom. The van der Waals surface area contributed by atoms with Gasteiger partial charge < -0.3 is 11.1 Å². The van der Waals surface area contributed by atoms with E-state index in [1.165, 1.54) is 13.1 Å². The molecule has 0 aliphatic carbocycles. The van der Waals surface area contributed by atoms with Crippen LogP contribution >= 0.6 is 0 Å². The van der Waals surface area contributed by atoms with E-state index in [2.05, 4.69) is 5.32 Å². The zero-order valence-corrected chi connectivity index (χ0v) is 7.16. The highest BCUT2D eigenvalue weighted by atomic mass is 16.1. The molecule has 1 amide bonds. The molecule has 0 saturated heterocycles. The number of anilines is 1. The van der Waals surface area contributed by atoms with Crippen LogP contribution in [-0.4, -0.2) is 13.0 Å². The molecule has 0 saturated carbocycles. The van der Waals surface area contributed by atoms with E-state index in [4.69, 9.17) is 11.0 Å². The Balaban J connectivity index is 3.15. The molecule has 0 unspecified atom stereocenters. The minimum absolute atomic E-state index is 0.225. The fourth-order valence-electron chi connectivity index (χ4n) is 0.939. The van der Waals surface area contributed by atoms with Crippen LogP contribution in [-0.2, 0) is 0 Å². The van der Waals surface area contributed by atoms with Gasteiger partial charge in [-0.15, -0.1) is 0 Å². The highest BCUT2D eigenvalue weighted by Gasteiger charge is 2.05. The summed E-state index contributed by atoms with van der Waals surface area (Å²) in [5.74, 6) is -0.225. The monoisotopic (exact) mass is 175 g/mol. The molecular formula is C9H9N3O. The van der Waals surface area contributed by atoms with Crippen LogP contribution in [0.3, 0.4) is 0 Å². The second kappa shape index (κ2) is 3.59. The molecule has 0 aromatic heterocycles. The van der Waals surface area contributed by atoms with Gasteiger partial charge >= 0.3 is 0 Å². The fourth-order valence-corrected chi connectivity index (χ4v) is 0.939. The molecule has 0 spiro atoms. The molecule has 4 nitrogen and oxygen atoms in total. The van der Waals surface area contributed by atoms with Crippen LogP contribution in [0.25, 0.3) is 0 Å². The standard InChI is InChI=1S/C9H9N3O/c1-12-9(13)6-2-3-8(11)7(4-6)5-10/h2-4H,11H2,1H3,(H,12,13). The number of nitrogen functional groups attached to an aromatic ring is 1. The summed E-state index contributed by atoms with van der Waals surface area (Å²) in [5, 5.41) is 11.1. The smallest absolute Gasteiger partial charge is 0.251 e. The van der Waals surface area contributed by atoms with Crippen molar-refractivity contribution in [2.75, 3.05) is 12.8 Å². The Morgan fingerprint density at radius 2 is 2.31 bits per heavy atom. The minimum atomic E-state index is -0.225. The van der Waals surface area contributed by atoms with Gasteiger partial charge in [0, 0.05) is 18.3 Å². The molecule has 13 heavy (non-hydrogen) atoms. The van der Waals surface area contributed by atoms with Crippen molar-refractivity contribution >= 4 is 11.6 Å². The largest absolute Gasteiger partial charge is 0.398 e. The number of hydrogen-bond donors (Lipinski definition) is 2. The van der Waals surface area contributed by atoms with Gasteiger partial charge in [-0.05, 0) is 18.2 Å². The van der Waals surface area contributed by atoms with Gasteiger partial charge in [0.15, 0.2) is 0 Å². The van der Waals surface area contributed by atoms with Gasteiger partial charge in [-0.3, -0.25) is 4.79 Å². The number of nitrogens with two attached hydrogens (primary N) is 1. The molecule has 1 aromatic carbocycles. The van der Waals surface area contributed by atoms with Crippen molar-refractivity contribution in [2.45, 2.75) is 0 Å². The average Bonchev–Trinajstić information content (AvgIpc) is 2.17. The summed E-state index contributed by atoms with van der Waals surface area (Å²) in [5.41, 5.74) is 6.63. The molecule has 0 aliphatic heterocycles. The lowest BCUT2D eigenvalue weighted by molar-refractivity contribution is 0.0963. The molecular weight excluding hydrogens is 166 g/mol. The lowest BCUT2D eigenvalue weighted by atomic mass is 10.1. The summed E-state index contributed by atoms with van der Waals surface area (Å²) in [6.45, 7) is 0. The number of nitriles is 1. The first-order valence-corrected chi connectivity index (χ1v) is 3.70. The molecule has 0 heterocycles. The van der Waals surface area contributed by atoms with E-state index in [9.17, 15) is 4.79 Å². The summed E-state index contributed by atoms with van der Waals surface area (Å²) >= 11 is 0. The molecule has 3 N–H and O–H groups in total. The van der Waals surface area contributed by atoms with Crippen molar-refractivity contribution in [1.29, 1.82) is 5.26 Å². The van der Waals surface area contributed by atoms with E-state index in [1.54, 1.807) is 12.1 Å². The van der Waals surface area contributed by atoms with Gasteiger partial charge in [-0.25, -0.2) is 0 Å². The zero-order valence-electron chi connectivity index (χ0n) is 7.16. The van der Waals surface area contributed by atoms with Crippen LogP contribution in [0.1, 0.15) is 15.9 Å². The normalized spacial score (nSPS) is 8.92. The third kappa shape index (κ3) is 1.76. The van der Waals surface area contributed by atoms with E-state index in [-0.39, 0.29) is 5.91 Å². The first-order valence-electron chi connectivity index (χ1n) is 3.70. The SMILES string of the molecule is CNC(=O)c1ccc(N)c(C#N)c1. The summed E-state index contributed by atoms with van der Waals surface area (Å²) in [6.07, 6.45) is 0. The van der Waals surface area contributed by atoms with Gasteiger partial charge in [0.25, 0.3) is 5.91 Å². The van der Waals surface area contributed by atoms with Gasteiger partial charge in [-0.2, -0.15) is 5.26 Å². The average molecular weight is 175 g/mol. The Bertz CT molecular complexity index is 379. The number of amides is 1. The summed E-state index contributed by atoms with van der Waals surface area (Å²) < 4.78 is 0. The topological polar surface area (TPSA) is 78.9 Å². The molecule has 0 atom stereocenters. The van der Waals surface area contributed by atoms with Crippen molar-refractivity contribution in [3.8, 4) is 6.07 Å². The Kier molecular flexibility index (Phi) is 2.50. The van der Waals surface area contributed by atoms with Crippen molar-refractivity contribution in [2.24, 2.45) is 0 Å². The van der Waals surface area contributed by atoms with Crippen LogP contribution < -0.4 is 11.1 Å². The zero-order chi connectivity index (χ0) is 9.84. The van der Waals surface area contributed by atoms with Gasteiger partial charge in [0.1, 0.15) is 6.07 Å². The second-order valence-corrected chi connectivity index (χ2v) is 2.49. The summed E-state index contributed by atoms with van der Waals surface area (Å²) in [4.78, 5) is 11.1. The lowest BCUT2D eigenvalue weighted by Crippen LogP contribution is -2.17. The predicted octanol–water partition coefficient (Wildman–Crippen LogP) is 0.500. The van der Waals surface area contributed by atoms with E-state index in [1.807, 2.05) is 6.07 Å². The molecule has 1 aromatic rings. The summed E-state index contributed by atoms with van der Waals surface area (Å²) in [6, 6.07) is 6.50. The van der Waals surface area contributed by atoms with Crippen LogP contribution in [0.15, 0.2) is 18.2 Å². The third-order valence-electron chi connectivity index (χ3n) is 1.66. The number of rotatable bonds is 1. The van der Waals surface area contributed by atoms with E-state index in [0.717, 1.165) is 0 Å². The maximum atomic E-state index is 11.1. The number of hydrogen-bond acceptors (Lipinski definition) is 3. The molecule has 0 radical (unpaired) electrons. The van der Waals surface area contributed by atoms with Crippen molar-refractivity contribution in [3.63, 3.8) is 0 Å². The number of benzene rings is 1. The lowest BCUT2D eigenvalue weighted by Gasteiger charge is -2.01. The maximum absolute atomic E-state index is 11.1. The fraction of sp³-hybridized carbons (Fsp3) is 0.111. The molecule has 4 heteroatoms. The quantitative estimate of drug-likeness (QED) is 0.610. The van der Waals surface area contributed by atoms with Gasteiger partial charge in [0.2, 0.25) is 0 Å². The van der Waals surface area contributed by atoms with Crippen molar-refractivity contribution in [1.82, 2.24) is 5.32 Å². The van der Waals surface area contributed by atoms with Gasteiger partial charge in [-0.1, -0.05) is 0 Å². The van der Waals surface area contributed by atoms with Crippen LogP contribution in [0.2, 0.25) is 0 Å². The third-order valence-corrected chi connectivity index (χ3v) is 1.66. The highest BCUT2D eigenvalue weighted by Crippen LogP contribution is 2.12. The van der Waals surface area contributed by atoms with Crippen LogP contribution in [0, 0.1) is 11.3 Å². The van der Waals surface area contributed by atoms with E-state index < -0.39 is 0 Å². The Labute approximate surface area is 76.0 Å². The predicted molar refractivity (Wildman–Crippen MR) is 49.0 cm³/mol. The van der Waals surface area contributed by atoms with Crippen LogP contribution in [0.4, 0.5) is 5.69 Å². The second-order valence-electron chi connectivity index (χ2n) is 2.49. The molecule has 0 aliphatic rings. The highest BCUT2D eigenvalue weighted by molar-refractivity contribution is 5.94. The van der Waals surface area contributed by atoms with Gasteiger partial charge in [0.05, 0.1) is 5.56 Å². The maximum Gasteiger partial charge on any atom is 0.251 e. The number of carbonyl (C=O) groups is 1. The Hall–Kier alpha value is -2.02. The molecule has 0 bridgehead atoms. The molecule has 1 rings (SSSR count). The number of nitrogens with one attached hydrogen (secondary N) is 1. The number of nitrogens with zero attached hydrogens (tertiary/aromatic N) is 1. The number of carbonyl (C=O) groups excluding carboxylic acids is 1. The first-order chi connectivity index (χ1) is 6.19. The van der Waals surface area contributed by atoms with Crippen LogP contribution in [0.5, 0.6) is 0 Å². The minimum Gasteiger partial charge on any atom is -0.398 e. The molecule has 66 valence electrons. The Morgan fingerprint density at radius 1 is 1.62 bits per heavy atom. The van der Waals surface area contributed by atoms with Crippen molar-refractivity contribution in [3.05, 3.63) is 29.3 Å². The van der Waals surface area contributed by atoms with E-state index >= 15 is 0 Å². The van der Waals surface area contributed by atoms with E-state index in [0.29, 0.717) is 16.8 Å². The first kappa shape index (κ1) is 9.07. The van der Waals surface area contributed by atoms with Crippen molar-refractivity contribution < 1.29 is 4.79 Å².